The molecule has 4 unspecified atom stereocenters. The predicted molar refractivity (Wildman–Crippen MR) is 67.5 cm³/mol. The lowest BCUT2D eigenvalue weighted by Crippen LogP contribution is -2.35. The molecule has 2 aliphatic carbocycles. The van der Waals surface area contributed by atoms with Crippen LogP contribution in [0.3, 0.4) is 0 Å². The summed E-state index contributed by atoms with van der Waals surface area (Å²) in [5.74, 6) is 1.88. The molecule has 1 amide bonds. The van der Waals surface area contributed by atoms with Crippen LogP contribution in [-0.4, -0.2) is 15.9 Å². The van der Waals surface area contributed by atoms with Gasteiger partial charge in [-0.2, -0.15) is 0 Å². The fraction of sp³-hybridized carbons (Fsp3) is 0.643. The molecule has 18 heavy (non-hydrogen) atoms. The molecule has 0 saturated heterocycles. The van der Waals surface area contributed by atoms with E-state index in [-0.39, 0.29) is 17.9 Å². The second-order valence-corrected chi connectivity index (χ2v) is 5.64. The molecule has 96 valence electrons. The standard InChI is InChI=1S/C14H19N3O/c1-9(13-8-15-4-5-16-13)17-14(18)12-7-10-2-3-11(12)6-10/h4-5,8-12H,2-3,6-7H2,1H3,(H,17,18). The molecular weight excluding hydrogens is 226 g/mol. The molecule has 1 aromatic heterocycles. The van der Waals surface area contributed by atoms with E-state index in [1.54, 1.807) is 18.6 Å². The summed E-state index contributed by atoms with van der Waals surface area (Å²) in [5, 5.41) is 3.08. The van der Waals surface area contributed by atoms with Gasteiger partial charge >= 0.3 is 0 Å². The molecule has 0 aromatic carbocycles. The van der Waals surface area contributed by atoms with E-state index in [1.807, 2.05) is 6.92 Å². The van der Waals surface area contributed by atoms with E-state index < -0.39 is 0 Å². The summed E-state index contributed by atoms with van der Waals surface area (Å²) in [6, 6.07) is -0.0506. The first kappa shape index (κ1) is 11.6. The Morgan fingerprint density at radius 2 is 2.28 bits per heavy atom. The first-order valence-corrected chi connectivity index (χ1v) is 6.80. The van der Waals surface area contributed by atoms with Crippen LogP contribution in [0.5, 0.6) is 0 Å². The summed E-state index contributed by atoms with van der Waals surface area (Å²) in [5.41, 5.74) is 0.828. The van der Waals surface area contributed by atoms with Crippen LogP contribution < -0.4 is 5.32 Å². The molecular formula is C14H19N3O. The first-order chi connectivity index (χ1) is 8.74. The van der Waals surface area contributed by atoms with Crippen molar-refractivity contribution in [3.05, 3.63) is 24.3 Å². The van der Waals surface area contributed by atoms with Crippen LogP contribution in [0, 0.1) is 17.8 Å². The van der Waals surface area contributed by atoms with Crippen molar-refractivity contribution < 1.29 is 4.79 Å². The molecule has 0 radical (unpaired) electrons. The maximum atomic E-state index is 12.3. The molecule has 3 rings (SSSR count). The Morgan fingerprint density at radius 1 is 1.39 bits per heavy atom. The van der Waals surface area contributed by atoms with Crippen molar-refractivity contribution in [1.82, 2.24) is 15.3 Å². The Bertz CT molecular complexity index is 434. The van der Waals surface area contributed by atoms with Crippen LogP contribution in [-0.2, 0) is 4.79 Å². The minimum atomic E-state index is -0.0506. The zero-order valence-corrected chi connectivity index (χ0v) is 10.7. The van der Waals surface area contributed by atoms with Crippen molar-refractivity contribution >= 4 is 5.91 Å². The number of rotatable bonds is 3. The molecule has 1 N–H and O–H groups in total. The zero-order chi connectivity index (χ0) is 12.5. The van der Waals surface area contributed by atoms with Gasteiger partial charge in [-0.15, -0.1) is 0 Å². The van der Waals surface area contributed by atoms with Crippen LogP contribution >= 0.6 is 0 Å². The largest absolute Gasteiger partial charge is 0.348 e. The van der Waals surface area contributed by atoms with Gasteiger partial charge < -0.3 is 5.32 Å². The highest BCUT2D eigenvalue weighted by molar-refractivity contribution is 5.79. The Balaban J connectivity index is 1.61. The van der Waals surface area contributed by atoms with Gasteiger partial charge in [0.15, 0.2) is 0 Å². The van der Waals surface area contributed by atoms with E-state index in [4.69, 9.17) is 0 Å². The Kier molecular flexibility index (Phi) is 3.02. The van der Waals surface area contributed by atoms with Crippen molar-refractivity contribution in [2.75, 3.05) is 0 Å². The third-order valence-corrected chi connectivity index (χ3v) is 4.46. The molecule has 2 fully saturated rings. The average molecular weight is 245 g/mol. The van der Waals surface area contributed by atoms with Gasteiger partial charge in [0.05, 0.1) is 17.9 Å². The number of nitrogens with zero attached hydrogens (tertiary/aromatic N) is 2. The van der Waals surface area contributed by atoms with Gasteiger partial charge in [0.25, 0.3) is 0 Å². The Hall–Kier alpha value is -1.45. The van der Waals surface area contributed by atoms with Crippen LogP contribution in [0.1, 0.15) is 44.3 Å². The minimum absolute atomic E-state index is 0.0506. The topological polar surface area (TPSA) is 54.9 Å². The van der Waals surface area contributed by atoms with Gasteiger partial charge in [0.2, 0.25) is 5.91 Å². The summed E-state index contributed by atoms with van der Waals surface area (Å²) in [6.07, 6.45) is 9.94. The third-order valence-electron chi connectivity index (χ3n) is 4.46. The molecule has 1 heterocycles. The van der Waals surface area contributed by atoms with Gasteiger partial charge in [-0.25, -0.2) is 0 Å². The van der Waals surface area contributed by atoms with E-state index in [0.717, 1.165) is 18.0 Å². The maximum absolute atomic E-state index is 12.3. The number of hydrogen-bond acceptors (Lipinski definition) is 3. The number of aromatic nitrogens is 2. The third kappa shape index (κ3) is 2.11. The van der Waals surface area contributed by atoms with Gasteiger partial charge in [0, 0.05) is 18.3 Å². The lowest BCUT2D eigenvalue weighted by Gasteiger charge is -2.23. The SMILES string of the molecule is CC(NC(=O)C1CC2CCC1C2)c1cnccn1. The highest BCUT2D eigenvalue weighted by atomic mass is 16.2. The highest BCUT2D eigenvalue weighted by Crippen LogP contribution is 2.48. The summed E-state index contributed by atoms with van der Waals surface area (Å²) in [4.78, 5) is 20.5. The Morgan fingerprint density at radius 3 is 2.89 bits per heavy atom. The number of nitrogens with one attached hydrogen (secondary N) is 1. The van der Waals surface area contributed by atoms with Crippen LogP contribution in [0.2, 0.25) is 0 Å². The number of fused-ring (bicyclic) bond motifs is 2. The lowest BCUT2D eigenvalue weighted by atomic mass is 9.88. The van der Waals surface area contributed by atoms with Gasteiger partial charge in [0.1, 0.15) is 0 Å². The summed E-state index contributed by atoms with van der Waals surface area (Å²) in [7, 11) is 0. The quantitative estimate of drug-likeness (QED) is 0.887. The van der Waals surface area contributed by atoms with E-state index in [1.165, 1.54) is 19.3 Å². The molecule has 0 spiro atoms. The van der Waals surface area contributed by atoms with Crippen LogP contribution in [0.25, 0.3) is 0 Å². The Labute approximate surface area is 107 Å². The summed E-state index contributed by atoms with van der Waals surface area (Å²) >= 11 is 0. The summed E-state index contributed by atoms with van der Waals surface area (Å²) in [6.45, 7) is 1.97. The van der Waals surface area contributed by atoms with E-state index in [0.29, 0.717) is 5.92 Å². The lowest BCUT2D eigenvalue weighted by molar-refractivity contribution is -0.127. The van der Waals surface area contributed by atoms with Crippen LogP contribution in [0.15, 0.2) is 18.6 Å². The van der Waals surface area contributed by atoms with Gasteiger partial charge in [-0.3, -0.25) is 14.8 Å². The van der Waals surface area contributed by atoms with E-state index in [9.17, 15) is 4.79 Å². The number of carbonyl (C=O) groups is 1. The second-order valence-electron chi connectivity index (χ2n) is 5.64. The van der Waals surface area contributed by atoms with Crippen molar-refractivity contribution in [1.29, 1.82) is 0 Å². The van der Waals surface area contributed by atoms with Gasteiger partial charge in [-0.1, -0.05) is 6.42 Å². The molecule has 4 heteroatoms. The predicted octanol–water partition coefficient (Wildman–Crippen LogP) is 2.09. The normalized spacial score (nSPS) is 31.3. The highest BCUT2D eigenvalue weighted by Gasteiger charge is 2.43. The second kappa shape index (κ2) is 4.67. The van der Waals surface area contributed by atoms with Crippen molar-refractivity contribution in [3.8, 4) is 0 Å². The minimum Gasteiger partial charge on any atom is -0.348 e. The van der Waals surface area contributed by atoms with Crippen molar-refractivity contribution in [2.45, 2.75) is 38.6 Å². The molecule has 2 aliphatic rings. The van der Waals surface area contributed by atoms with Gasteiger partial charge in [-0.05, 0) is 38.0 Å². The smallest absolute Gasteiger partial charge is 0.223 e. The summed E-state index contributed by atoms with van der Waals surface area (Å²) < 4.78 is 0. The fourth-order valence-corrected chi connectivity index (χ4v) is 3.49. The zero-order valence-electron chi connectivity index (χ0n) is 10.7. The van der Waals surface area contributed by atoms with Crippen molar-refractivity contribution in [3.63, 3.8) is 0 Å². The van der Waals surface area contributed by atoms with Crippen molar-refractivity contribution in [2.24, 2.45) is 17.8 Å². The van der Waals surface area contributed by atoms with E-state index in [2.05, 4.69) is 15.3 Å². The monoisotopic (exact) mass is 245 g/mol. The molecule has 2 saturated carbocycles. The molecule has 0 aliphatic heterocycles. The molecule has 2 bridgehead atoms. The number of amides is 1. The van der Waals surface area contributed by atoms with Crippen LogP contribution in [0.4, 0.5) is 0 Å². The van der Waals surface area contributed by atoms with E-state index >= 15 is 0 Å². The molecule has 1 aromatic rings. The maximum Gasteiger partial charge on any atom is 0.223 e. The average Bonchev–Trinajstić information content (AvgIpc) is 3.02. The number of hydrogen-bond donors (Lipinski definition) is 1. The fourth-order valence-electron chi connectivity index (χ4n) is 3.49. The number of carbonyl (C=O) groups excluding carboxylic acids is 1. The first-order valence-electron chi connectivity index (χ1n) is 6.80. The molecule has 4 atom stereocenters. The molecule has 4 nitrogen and oxygen atoms in total.